The Morgan fingerprint density at radius 1 is 1.47 bits per heavy atom. The van der Waals surface area contributed by atoms with Gasteiger partial charge in [0.15, 0.2) is 0 Å². The summed E-state index contributed by atoms with van der Waals surface area (Å²) in [5.41, 5.74) is 1.57. The second kappa shape index (κ2) is 5.14. The summed E-state index contributed by atoms with van der Waals surface area (Å²) in [5, 5.41) is 9.28. The number of thiophene rings is 1. The molecular weight excluding hydrogens is 280 g/mol. The summed E-state index contributed by atoms with van der Waals surface area (Å²) in [4.78, 5) is 1.16. The molecule has 2 rings (SSSR count). The first-order valence-corrected chi connectivity index (χ1v) is 8.77. The number of nitriles is 1. The van der Waals surface area contributed by atoms with Gasteiger partial charge >= 0.3 is 0 Å². The lowest BCUT2D eigenvalue weighted by molar-refractivity contribution is 0.507. The maximum Gasteiger partial charge on any atom is 0.235 e. The van der Waals surface area contributed by atoms with Crippen LogP contribution in [0, 0.1) is 17.2 Å². The van der Waals surface area contributed by atoms with Crippen LogP contribution in [0.25, 0.3) is 0 Å². The Morgan fingerprint density at radius 2 is 2.16 bits per heavy atom. The Balaban J connectivity index is 2.41. The van der Waals surface area contributed by atoms with Crippen LogP contribution in [-0.4, -0.2) is 13.7 Å². The van der Waals surface area contributed by atoms with Gasteiger partial charge in [0.05, 0.1) is 10.8 Å². The molecule has 0 bridgehead atoms. The number of anilines is 1. The largest absolute Gasteiger partial charge is 0.273 e. The fraction of sp³-hybridized carbons (Fsp3) is 0.615. The van der Waals surface area contributed by atoms with E-state index < -0.39 is 15.3 Å². The molecule has 0 spiro atoms. The van der Waals surface area contributed by atoms with Crippen LogP contribution in [0.2, 0.25) is 0 Å². The quantitative estimate of drug-likeness (QED) is 0.932. The van der Waals surface area contributed by atoms with Crippen molar-refractivity contribution in [2.24, 2.45) is 5.92 Å². The number of rotatable bonds is 3. The zero-order chi connectivity index (χ0) is 14.2. The molecule has 0 saturated carbocycles. The van der Waals surface area contributed by atoms with Crippen LogP contribution in [0.5, 0.6) is 0 Å². The van der Waals surface area contributed by atoms with Gasteiger partial charge in [-0.2, -0.15) is 5.26 Å². The van der Waals surface area contributed by atoms with E-state index in [9.17, 15) is 13.7 Å². The monoisotopic (exact) mass is 298 g/mol. The van der Waals surface area contributed by atoms with E-state index in [2.05, 4.69) is 17.7 Å². The van der Waals surface area contributed by atoms with Crippen molar-refractivity contribution in [1.82, 2.24) is 0 Å². The zero-order valence-corrected chi connectivity index (χ0v) is 13.0. The van der Waals surface area contributed by atoms with E-state index in [-0.39, 0.29) is 0 Å². The molecule has 6 heteroatoms. The Bertz CT molecular complexity index is 624. The number of hydrogen-bond donors (Lipinski definition) is 1. The standard InChI is InChI=1S/C13H18N2O2S2/c1-8(2)19(16,17)15-13-11(7-14)10-5-4-9(3)6-12(10)18-13/h8-9,15H,4-6H2,1-3H3. The molecule has 1 atom stereocenters. The molecule has 1 N–H and O–H groups in total. The van der Waals surface area contributed by atoms with Gasteiger partial charge in [0.25, 0.3) is 0 Å². The summed E-state index contributed by atoms with van der Waals surface area (Å²) >= 11 is 1.42. The maximum atomic E-state index is 11.9. The van der Waals surface area contributed by atoms with E-state index in [1.165, 1.54) is 11.3 Å². The van der Waals surface area contributed by atoms with Crippen molar-refractivity contribution in [1.29, 1.82) is 5.26 Å². The molecule has 1 aliphatic carbocycles. The van der Waals surface area contributed by atoms with E-state index in [0.29, 0.717) is 16.5 Å². The van der Waals surface area contributed by atoms with Crippen molar-refractivity contribution >= 4 is 26.4 Å². The Morgan fingerprint density at radius 3 is 2.74 bits per heavy atom. The SMILES string of the molecule is CC1CCc2c(sc(NS(=O)(=O)C(C)C)c2C#N)C1. The minimum absolute atomic E-state index is 0.496. The fourth-order valence-electron chi connectivity index (χ4n) is 2.19. The number of fused-ring (bicyclic) bond motifs is 1. The average molecular weight is 298 g/mol. The van der Waals surface area contributed by atoms with Gasteiger partial charge in [0.1, 0.15) is 11.1 Å². The highest BCUT2D eigenvalue weighted by Crippen LogP contribution is 2.39. The van der Waals surface area contributed by atoms with Gasteiger partial charge in [0, 0.05) is 4.88 Å². The highest BCUT2D eigenvalue weighted by Gasteiger charge is 2.26. The lowest BCUT2D eigenvalue weighted by Crippen LogP contribution is -2.22. The van der Waals surface area contributed by atoms with E-state index >= 15 is 0 Å². The molecule has 104 valence electrons. The first kappa shape index (κ1) is 14.4. The van der Waals surface area contributed by atoms with E-state index in [0.717, 1.165) is 29.7 Å². The second-order valence-corrected chi connectivity index (χ2v) is 8.71. The summed E-state index contributed by atoms with van der Waals surface area (Å²) in [6.07, 6.45) is 2.88. The second-order valence-electron chi connectivity index (χ2n) is 5.36. The van der Waals surface area contributed by atoms with Crippen LogP contribution in [0.4, 0.5) is 5.00 Å². The predicted octanol–water partition coefficient (Wildman–Crippen LogP) is 2.89. The smallest absolute Gasteiger partial charge is 0.235 e. The molecule has 0 saturated heterocycles. The Labute approximate surface area is 118 Å². The van der Waals surface area contributed by atoms with Gasteiger partial charge in [-0.3, -0.25) is 4.72 Å². The van der Waals surface area contributed by atoms with Crippen LogP contribution in [0.3, 0.4) is 0 Å². The van der Waals surface area contributed by atoms with Crippen molar-refractivity contribution in [2.45, 2.75) is 45.3 Å². The molecule has 0 aliphatic heterocycles. The Hall–Kier alpha value is -1.06. The number of hydrogen-bond acceptors (Lipinski definition) is 4. The fourth-order valence-corrected chi connectivity index (χ4v) is 4.51. The third kappa shape index (κ3) is 2.77. The van der Waals surface area contributed by atoms with Crippen molar-refractivity contribution < 1.29 is 8.42 Å². The first-order chi connectivity index (χ1) is 8.85. The number of nitrogens with zero attached hydrogens (tertiary/aromatic N) is 1. The molecule has 1 aliphatic rings. The summed E-state index contributed by atoms with van der Waals surface area (Å²) in [5.74, 6) is 0.604. The van der Waals surface area contributed by atoms with Gasteiger partial charge in [-0.1, -0.05) is 6.92 Å². The van der Waals surface area contributed by atoms with Crippen LogP contribution >= 0.6 is 11.3 Å². The van der Waals surface area contributed by atoms with Crippen molar-refractivity contribution in [3.63, 3.8) is 0 Å². The number of nitrogens with one attached hydrogen (secondary N) is 1. The molecule has 0 fully saturated rings. The molecule has 1 aromatic rings. The van der Waals surface area contributed by atoms with Crippen molar-refractivity contribution in [3.8, 4) is 6.07 Å². The van der Waals surface area contributed by atoms with Gasteiger partial charge in [-0.15, -0.1) is 11.3 Å². The van der Waals surface area contributed by atoms with Gasteiger partial charge < -0.3 is 0 Å². The van der Waals surface area contributed by atoms with E-state index in [1.807, 2.05) is 0 Å². The molecule has 0 aromatic carbocycles. The normalized spacial score (nSPS) is 19.0. The van der Waals surface area contributed by atoms with Crippen LogP contribution < -0.4 is 4.72 Å². The minimum Gasteiger partial charge on any atom is -0.273 e. The third-order valence-electron chi connectivity index (χ3n) is 3.48. The Kier molecular flexibility index (Phi) is 3.88. The van der Waals surface area contributed by atoms with E-state index in [4.69, 9.17) is 0 Å². The lowest BCUT2D eigenvalue weighted by Gasteiger charge is -2.17. The molecular formula is C13H18N2O2S2. The summed E-state index contributed by atoms with van der Waals surface area (Å²) in [6, 6.07) is 2.16. The van der Waals surface area contributed by atoms with Gasteiger partial charge in [-0.05, 0) is 44.6 Å². The van der Waals surface area contributed by atoms with Crippen LogP contribution in [-0.2, 0) is 22.9 Å². The van der Waals surface area contributed by atoms with Crippen molar-refractivity contribution in [2.75, 3.05) is 4.72 Å². The molecule has 1 aromatic heterocycles. The average Bonchev–Trinajstić information content (AvgIpc) is 2.64. The molecule has 19 heavy (non-hydrogen) atoms. The predicted molar refractivity (Wildman–Crippen MR) is 77.9 cm³/mol. The van der Waals surface area contributed by atoms with Crippen LogP contribution in [0.15, 0.2) is 0 Å². The highest BCUT2D eigenvalue weighted by atomic mass is 32.2. The molecule has 1 heterocycles. The third-order valence-corrected chi connectivity index (χ3v) is 6.51. The summed E-state index contributed by atoms with van der Waals surface area (Å²) < 4.78 is 26.4. The highest BCUT2D eigenvalue weighted by molar-refractivity contribution is 7.93. The first-order valence-electron chi connectivity index (χ1n) is 6.41. The van der Waals surface area contributed by atoms with Crippen LogP contribution in [0.1, 0.15) is 43.2 Å². The topological polar surface area (TPSA) is 70.0 Å². The molecule has 0 amide bonds. The van der Waals surface area contributed by atoms with Gasteiger partial charge in [-0.25, -0.2) is 8.42 Å². The van der Waals surface area contributed by atoms with E-state index in [1.54, 1.807) is 13.8 Å². The number of sulfonamides is 1. The molecule has 1 unspecified atom stereocenters. The minimum atomic E-state index is -3.39. The van der Waals surface area contributed by atoms with Crippen molar-refractivity contribution in [3.05, 3.63) is 16.0 Å². The van der Waals surface area contributed by atoms with Gasteiger partial charge in [0.2, 0.25) is 10.0 Å². The molecule has 0 radical (unpaired) electrons. The summed E-state index contributed by atoms with van der Waals surface area (Å²) in [6.45, 7) is 5.45. The summed E-state index contributed by atoms with van der Waals surface area (Å²) in [7, 11) is -3.39. The zero-order valence-electron chi connectivity index (χ0n) is 11.4. The molecule has 4 nitrogen and oxygen atoms in total. The lowest BCUT2D eigenvalue weighted by atomic mass is 9.89. The maximum absolute atomic E-state index is 11.9.